The Bertz CT molecular complexity index is 1010. The third-order valence-electron chi connectivity index (χ3n) is 3.69. The summed E-state index contributed by atoms with van der Waals surface area (Å²) in [7, 11) is 0. The van der Waals surface area contributed by atoms with Crippen LogP contribution in [0.2, 0.25) is 10.0 Å². The smallest absolute Gasteiger partial charge is 0.276 e. The van der Waals surface area contributed by atoms with E-state index in [2.05, 4.69) is 10.4 Å². The van der Waals surface area contributed by atoms with E-state index in [9.17, 15) is 9.59 Å². The molecule has 0 saturated heterocycles. The lowest BCUT2D eigenvalue weighted by molar-refractivity contribution is 0.102. The number of aromatic nitrogens is 2. The molecule has 0 spiro atoms. The van der Waals surface area contributed by atoms with Gasteiger partial charge < -0.3 is 5.32 Å². The number of amides is 1. The molecular formula is C18H15Cl2N3O2. The van der Waals surface area contributed by atoms with Crippen molar-refractivity contribution in [3.05, 3.63) is 68.6 Å². The van der Waals surface area contributed by atoms with Crippen LogP contribution < -0.4 is 10.9 Å². The predicted molar refractivity (Wildman–Crippen MR) is 101 cm³/mol. The first-order valence-electron chi connectivity index (χ1n) is 7.77. The van der Waals surface area contributed by atoms with Crippen LogP contribution in [0.1, 0.15) is 23.8 Å². The van der Waals surface area contributed by atoms with Crippen LogP contribution in [0, 0.1) is 0 Å². The van der Waals surface area contributed by atoms with Crippen LogP contribution in [0.5, 0.6) is 0 Å². The Morgan fingerprint density at radius 2 is 1.88 bits per heavy atom. The topological polar surface area (TPSA) is 64.0 Å². The van der Waals surface area contributed by atoms with Gasteiger partial charge in [0.25, 0.3) is 11.5 Å². The Kier molecular flexibility index (Phi) is 5.06. The van der Waals surface area contributed by atoms with E-state index < -0.39 is 5.91 Å². The van der Waals surface area contributed by atoms with Crippen molar-refractivity contribution in [3.8, 4) is 0 Å². The van der Waals surface area contributed by atoms with E-state index in [1.165, 1.54) is 4.68 Å². The minimum atomic E-state index is -0.454. The number of anilines is 1. The summed E-state index contributed by atoms with van der Waals surface area (Å²) in [4.78, 5) is 25.2. The molecule has 1 amide bonds. The number of nitrogens with one attached hydrogen (secondary N) is 1. The molecule has 0 saturated carbocycles. The maximum atomic E-state index is 12.8. The summed E-state index contributed by atoms with van der Waals surface area (Å²) in [6, 6.07) is 11.7. The molecule has 1 heterocycles. The molecular weight excluding hydrogens is 361 g/mol. The van der Waals surface area contributed by atoms with Crippen molar-refractivity contribution >= 4 is 45.6 Å². The first-order chi connectivity index (χ1) is 12.0. The molecule has 0 aliphatic heterocycles. The summed E-state index contributed by atoms with van der Waals surface area (Å²) < 4.78 is 1.32. The number of carbonyl (C=O) groups excluding carboxylic acids is 1. The average molecular weight is 376 g/mol. The molecule has 0 fully saturated rings. The fourth-order valence-electron chi connectivity index (χ4n) is 2.54. The molecule has 3 rings (SSSR count). The first kappa shape index (κ1) is 17.5. The SMILES string of the molecule is CCCn1nc(C(=O)Nc2cc(Cl)ccc2Cl)c2ccccc2c1=O. The number of nitrogens with zero attached hydrogens (tertiary/aromatic N) is 2. The Morgan fingerprint density at radius 1 is 1.16 bits per heavy atom. The van der Waals surface area contributed by atoms with Gasteiger partial charge in [-0.25, -0.2) is 4.68 Å². The van der Waals surface area contributed by atoms with Crippen LogP contribution in [0.3, 0.4) is 0 Å². The lowest BCUT2D eigenvalue weighted by atomic mass is 10.1. The second-order valence-corrected chi connectivity index (χ2v) is 6.34. The highest BCUT2D eigenvalue weighted by Crippen LogP contribution is 2.26. The zero-order chi connectivity index (χ0) is 18.0. The molecule has 7 heteroatoms. The van der Waals surface area contributed by atoms with Crippen molar-refractivity contribution in [1.82, 2.24) is 9.78 Å². The summed E-state index contributed by atoms with van der Waals surface area (Å²) >= 11 is 12.1. The minimum Gasteiger partial charge on any atom is -0.319 e. The predicted octanol–water partition coefficient (Wildman–Crippen LogP) is 4.37. The molecule has 2 aromatic carbocycles. The summed E-state index contributed by atoms with van der Waals surface area (Å²) in [6.45, 7) is 2.37. The van der Waals surface area contributed by atoms with E-state index in [0.29, 0.717) is 33.0 Å². The van der Waals surface area contributed by atoms with Gasteiger partial charge >= 0.3 is 0 Å². The lowest BCUT2D eigenvalue weighted by Crippen LogP contribution is -2.27. The van der Waals surface area contributed by atoms with Gasteiger partial charge in [-0.2, -0.15) is 5.10 Å². The highest BCUT2D eigenvalue weighted by atomic mass is 35.5. The molecule has 128 valence electrons. The molecule has 0 aliphatic carbocycles. The van der Waals surface area contributed by atoms with Crippen LogP contribution in [0.15, 0.2) is 47.3 Å². The third kappa shape index (κ3) is 3.52. The fraction of sp³-hybridized carbons (Fsp3) is 0.167. The van der Waals surface area contributed by atoms with Crippen molar-refractivity contribution < 1.29 is 4.79 Å². The molecule has 0 aliphatic rings. The molecule has 0 radical (unpaired) electrons. The first-order valence-corrected chi connectivity index (χ1v) is 8.53. The lowest BCUT2D eigenvalue weighted by Gasteiger charge is -2.11. The average Bonchev–Trinajstić information content (AvgIpc) is 2.60. The van der Waals surface area contributed by atoms with Crippen molar-refractivity contribution in [2.24, 2.45) is 0 Å². The molecule has 1 aromatic heterocycles. The van der Waals surface area contributed by atoms with E-state index in [1.54, 1.807) is 42.5 Å². The largest absolute Gasteiger partial charge is 0.319 e. The van der Waals surface area contributed by atoms with E-state index in [-0.39, 0.29) is 11.3 Å². The quantitative estimate of drug-likeness (QED) is 0.736. The number of hydrogen-bond donors (Lipinski definition) is 1. The Labute approximate surface area is 154 Å². The Balaban J connectivity index is 2.11. The monoisotopic (exact) mass is 375 g/mol. The number of aryl methyl sites for hydroxylation is 1. The van der Waals surface area contributed by atoms with Crippen molar-refractivity contribution in [3.63, 3.8) is 0 Å². The number of benzene rings is 2. The highest BCUT2D eigenvalue weighted by molar-refractivity contribution is 6.36. The van der Waals surface area contributed by atoms with Crippen molar-refractivity contribution in [2.45, 2.75) is 19.9 Å². The van der Waals surface area contributed by atoms with Crippen LogP contribution in [0.4, 0.5) is 5.69 Å². The molecule has 0 bridgehead atoms. The number of fused-ring (bicyclic) bond motifs is 1. The zero-order valence-electron chi connectivity index (χ0n) is 13.4. The maximum absolute atomic E-state index is 12.8. The summed E-state index contributed by atoms with van der Waals surface area (Å²) in [5, 5.41) is 8.73. The number of carbonyl (C=O) groups is 1. The van der Waals surface area contributed by atoms with Gasteiger partial charge in [0.15, 0.2) is 5.69 Å². The third-order valence-corrected chi connectivity index (χ3v) is 4.26. The van der Waals surface area contributed by atoms with Gasteiger partial charge in [0.1, 0.15) is 0 Å². The Morgan fingerprint density at radius 3 is 2.60 bits per heavy atom. The summed E-state index contributed by atoms with van der Waals surface area (Å²) in [6.07, 6.45) is 0.729. The van der Waals surface area contributed by atoms with Gasteiger partial charge in [-0.05, 0) is 30.7 Å². The number of rotatable bonds is 4. The second-order valence-electron chi connectivity index (χ2n) is 5.50. The van der Waals surface area contributed by atoms with Crippen molar-refractivity contribution in [2.75, 3.05) is 5.32 Å². The fourth-order valence-corrected chi connectivity index (χ4v) is 2.88. The van der Waals surface area contributed by atoms with E-state index in [1.807, 2.05) is 6.92 Å². The van der Waals surface area contributed by atoms with Crippen LogP contribution in [-0.4, -0.2) is 15.7 Å². The van der Waals surface area contributed by atoms with Crippen LogP contribution in [0.25, 0.3) is 10.8 Å². The van der Waals surface area contributed by atoms with Crippen LogP contribution in [-0.2, 0) is 6.54 Å². The van der Waals surface area contributed by atoms with Gasteiger partial charge in [-0.15, -0.1) is 0 Å². The van der Waals surface area contributed by atoms with E-state index in [4.69, 9.17) is 23.2 Å². The summed E-state index contributed by atoms with van der Waals surface area (Å²) in [5.74, 6) is -0.454. The molecule has 0 atom stereocenters. The standard InChI is InChI=1S/C18H15Cl2N3O2/c1-2-9-23-18(25)13-6-4-3-5-12(13)16(22-23)17(24)21-15-10-11(19)7-8-14(15)20/h3-8,10H,2,9H2,1H3,(H,21,24). The van der Waals surface area contributed by atoms with E-state index in [0.717, 1.165) is 6.42 Å². The Hall–Kier alpha value is -2.37. The number of halogens is 2. The van der Waals surface area contributed by atoms with Gasteiger partial charge in [0, 0.05) is 17.0 Å². The highest BCUT2D eigenvalue weighted by Gasteiger charge is 2.17. The number of hydrogen-bond acceptors (Lipinski definition) is 3. The van der Waals surface area contributed by atoms with Gasteiger partial charge in [0.2, 0.25) is 0 Å². The van der Waals surface area contributed by atoms with Crippen LogP contribution >= 0.6 is 23.2 Å². The second kappa shape index (κ2) is 7.25. The maximum Gasteiger partial charge on any atom is 0.276 e. The molecule has 0 unspecified atom stereocenters. The van der Waals surface area contributed by atoms with E-state index >= 15 is 0 Å². The van der Waals surface area contributed by atoms with Gasteiger partial charge in [-0.3, -0.25) is 9.59 Å². The molecule has 3 aromatic rings. The normalized spacial score (nSPS) is 10.8. The van der Waals surface area contributed by atoms with Gasteiger partial charge in [-0.1, -0.05) is 48.3 Å². The zero-order valence-corrected chi connectivity index (χ0v) is 14.9. The molecule has 1 N–H and O–H groups in total. The minimum absolute atomic E-state index is 0.166. The van der Waals surface area contributed by atoms with Crippen molar-refractivity contribution in [1.29, 1.82) is 0 Å². The summed E-state index contributed by atoms with van der Waals surface area (Å²) in [5.41, 5.74) is 0.341. The van der Waals surface area contributed by atoms with Gasteiger partial charge in [0.05, 0.1) is 16.1 Å². The molecule has 25 heavy (non-hydrogen) atoms. The molecule has 5 nitrogen and oxygen atoms in total.